The molecule has 2 rings (SSSR count). The van der Waals surface area contributed by atoms with E-state index in [4.69, 9.17) is 0 Å². The normalized spacial score (nSPS) is 19.2. The van der Waals surface area contributed by atoms with Crippen LogP contribution in [0.3, 0.4) is 0 Å². The van der Waals surface area contributed by atoms with Crippen LogP contribution in [0.15, 0.2) is 24.3 Å². The standard InChI is InChI=1S/C16H22FNO2/c1-10(18-16(20)11(2)12-3-4-12)9-15(19)13-5-7-14(17)8-6-13/h5-8,10-12,15,19H,3-4,9H2,1-2H3,(H,18,20). The number of halogens is 1. The van der Waals surface area contributed by atoms with E-state index in [0.717, 1.165) is 12.8 Å². The highest BCUT2D eigenvalue weighted by atomic mass is 19.1. The molecule has 0 heterocycles. The van der Waals surface area contributed by atoms with E-state index in [9.17, 15) is 14.3 Å². The Kier molecular flexibility index (Phi) is 4.76. The zero-order valence-corrected chi connectivity index (χ0v) is 12.0. The summed E-state index contributed by atoms with van der Waals surface area (Å²) in [5.41, 5.74) is 0.669. The highest BCUT2D eigenvalue weighted by Gasteiger charge is 2.33. The average molecular weight is 279 g/mol. The molecule has 0 aromatic heterocycles. The van der Waals surface area contributed by atoms with Crippen LogP contribution < -0.4 is 5.32 Å². The fraction of sp³-hybridized carbons (Fsp3) is 0.562. The first-order chi connectivity index (χ1) is 9.47. The molecular formula is C16H22FNO2. The first kappa shape index (κ1) is 15.0. The van der Waals surface area contributed by atoms with Crippen molar-refractivity contribution in [1.82, 2.24) is 5.32 Å². The van der Waals surface area contributed by atoms with Gasteiger partial charge in [-0.25, -0.2) is 4.39 Å². The monoisotopic (exact) mass is 279 g/mol. The van der Waals surface area contributed by atoms with E-state index in [0.29, 0.717) is 17.9 Å². The molecule has 1 saturated carbocycles. The lowest BCUT2D eigenvalue weighted by Gasteiger charge is -2.20. The third-order valence-electron chi connectivity index (χ3n) is 3.96. The lowest BCUT2D eigenvalue weighted by molar-refractivity contribution is -0.125. The van der Waals surface area contributed by atoms with E-state index in [1.165, 1.54) is 12.1 Å². The summed E-state index contributed by atoms with van der Waals surface area (Å²) in [7, 11) is 0. The molecule has 0 radical (unpaired) electrons. The van der Waals surface area contributed by atoms with E-state index in [1.54, 1.807) is 12.1 Å². The second kappa shape index (κ2) is 6.35. The number of aliphatic hydroxyl groups is 1. The van der Waals surface area contributed by atoms with Crippen LogP contribution in [-0.4, -0.2) is 17.1 Å². The summed E-state index contributed by atoms with van der Waals surface area (Å²) < 4.78 is 12.8. The number of nitrogens with one attached hydrogen (secondary N) is 1. The summed E-state index contributed by atoms with van der Waals surface area (Å²) in [6.07, 6.45) is 2.01. The Morgan fingerprint density at radius 2 is 1.95 bits per heavy atom. The predicted molar refractivity (Wildman–Crippen MR) is 75.5 cm³/mol. The van der Waals surface area contributed by atoms with E-state index < -0.39 is 6.10 Å². The number of benzene rings is 1. The Hall–Kier alpha value is -1.42. The maximum atomic E-state index is 12.8. The van der Waals surface area contributed by atoms with Gasteiger partial charge < -0.3 is 10.4 Å². The number of carbonyl (C=O) groups is 1. The molecule has 1 aromatic carbocycles. The van der Waals surface area contributed by atoms with Crippen molar-refractivity contribution < 1.29 is 14.3 Å². The molecule has 3 atom stereocenters. The van der Waals surface area contributed by atoms with Crippen LogP contribution in [0.5, 0.6) is 0 Å². The van der Waals surface area contributed by atoms with Gasteiger partial charge in [0.15, 0.2) is 0 Å². The molecular weight excluding hydrogens is 257 g/mol. The lowest BCUT2D eigenvalue weighted by Crippen LogP contribution is -2.37. The van der Waals surface area contributed by atoms with E-state index in [1.807, 2.05) is 13.8 Å². The molecule has 4 heteroatoms. The van der Waals surface area contributed by atoms with Crippen LogP contribution in [-0.2, 0) is 4.79 Å². The quantitative estimate of drug-likeness (QED) is 0.841. The van der Waals surface area contributed by atoms with Crippen molar-refractivity contribution >= 4 is 5.91 Å². The number of hydrogen-bond donors (Lipinski definition) is 2. The lowest BCUT2D eigenvalue weighted by atomic mass is 10.0. The fourth-order valence-electron chi connectivity index (χ4n) is 2.40. The van der Waals surface area contributed by atoms with Crippen molar-refractivity contribution in [2.45, 2.75) is 45.3 Å². The van der Waals surface area contributed by atoms with Crippen molar-refractivity contribution in [2.24, 2.45) is 11.8 Å². The zero-order valence-electron chi connectivity index (χ0n) is 12.0. The van der Waals surface area contributed by atoms with Crippen molar-refractivity contribution in [3.05, 3.63) is 35.6 Å². The second-order valence-electron chi connectivity index (χ2n) is 5.84. The number of aliphatic hydroxyl groups excluding tert-OH is 1. The zero-order chi connectivity index (χ0) is 14.7. The van der Waals surface area contributed by atoms with Gasteiger partial charge in [-0.1, -0.05) is 19.1 Å². The maximum absolute atomic E-state index is 12.8. The Morgan fingerprint density at radius 1 is 1.35 bits per heavy atom. The van der Waals surface area contributed by atoms with Gasteiger partial charge in [0.1, 0.15) is 5.82 Å². The van der Waals surface area contributed by atoms with Gasteiger partial charge in [-0.05, 0) is 49.8 Å². The molecule has 3 unspecified atom stereocenters. The van der Waals surface area contributed by atoms with Gasteiger partial charge in [-0.15, -0.1) is 0 Å². The number of hydrogen-bond acceptors (Lipinski definition) is 2. The Morgan fingerprint density at radius 3 is 2.50 bits per heavy atom. The van der Waals surface area contributed by atoms with Gasteiger partial charge in [0.25, 0.3) is 0 Å². The molecule has 0 spiro atoms. The van der Waals surface area contributed by atoms with Crippen LogP contribution in [0.25, 0.3) is 0 Å². The fourth-order valence-corrected chi connectivity index (χ4v) is 2.40. The van der Waals surface area contributed by atoms with E-state index in [-0.39, 0.29) is 23.7 Å². The van der Waals surface area contributed by atoms with Gasteiger partial charge in [0.05, 0.1) is 6.10 Å². The molecule has 1 fully saturated rings. The van der Waals surface area contributed by atoms with Crippen LogP contribution in [0.4, 0.5) is 4.39 Å². The van der Waals surface area contributed by atoms with Crippen LogP contribution in [0, 0.1) is 17.7 Å². The number of carbonyl (C=O) groups excluding carboxylic acids is 1. The summed E-state index contributed by atoms with van der Waals surface area (Å²) in [6, 6.07) is 5.69. The SMILES string of the molecule is CC(CC(O)c1ccc(F)cc1)NC(=O)C(C)C1CC1. The van der Waals surface area contributed by atoms with Gasteiger partial charge in [-0.3, -0.25) is 4.79 Å². The molecule has 1 aromatic rings. The van der Waals surface area contributed by atoms with Gasteiger partial charge in [0, 0.05) is 12.0 Å². The number of amides is 1. The van der Waals surface area contributed by atoms with Gasteiger partial charge in [0.2, 0.25) is 5.91 Å². The third-order valence-corrected chi connectivity index (χ3v) is 3.96. The topological polar surface area (TPSA) is 49.3 Å². The molecule has 1 aliphatic carbocycles. The molecule has 110 valence electrons. The smallest absolute Gasteiger partial charge is 0.223 e. The maximum Gasteiger partial charge on any atom is 0.223 e. The summed E-state index contributed by atoms with van der Waals surface area (Å²) in [6.45, 7) is 3.83. The predicted octanol–water partition coefficient (Wildman–Crippen LogP) is 2.80. The summed E-state index contributed by atoms with van der Waals surface area (Å²) >= 11 is 0. The second-order valence-corrected chi connectivity index (χ2v) is 5.84. The highest BCUT2D eigenvalue weighted by Crippen LogP contribution is 2.36. The molecule has 3 nitrogen and oxygen atoms in total. The Bertz CT molecular complexity index is 456. The summed E-state index contributed by atoms with van der Waals surface area (Å²) in [4.78, 5) is 12.0. The Labute approximate surface area is 119 Å². The molecule has 0 aliphatic heterocycles. The molecule has 2 N–H and O–H groups in total. The van der Waals surface area contributed by atoms with Crippen LogP contribution in [0.2, 0.25) is 0 Å². The average Bonchev–Trinajstić information content (AvgIpc) is 3.22. The Balaban J connectivity index is 1.82. The third kappa shape index (κ3) is 4.04. The molecule has 1 aliphatic rings. The van der Waals surface area contributed by atoms with Crippen LogP contribution in [0.1, 0.15) is 44.8 Å². The largest absolute Gasteiger partial charge is 0.388 e. The van der Waals surface area contributed by atoms with E-state index >= 15 is 0 Å². The minimum absolute atomic E-state index is 0.0559. The minimum atomic E-state index is -0.692. The highest BCUT2D eigenvalue weighted by molar-refractivity contribution is 5.79. The minimum Gasteiger partial charge on any atom is -0.388 e. The summed E-state index contributed by atoms with van der Waals surface area (Å²) in [5.74, 6) is 0.330. The van der Waals surface area contributed by atoms with Crippen molar-refractivity contribution in [2.75, 3.05) is 0 Å². The summed E-state index contributed by atoms with van der Waals surface area (Å²) in [5, 5.41) is 13.0. The van der Waals surface area contributed by atoms with Gasteiger partial charge >= 0.3 is 0 Å². The van der Waals surface area contributed by atoms with Crippen LogP contribution >= 0.6 is 0 Å². The molecule has 1 amide bonds. The number of rotatable bonds is 6. The molecule has 20 heavy (non-hydrogen) atoms. The van der Waals surface area contributed by atoms with E-state index in [2.05, 4.69) is 5.32 Å². The molecule has 0 saturated heterocycles. The molecule has 0 bridgehead atoms. The van der Waals surface area contributed by atoms with Crippen molar-refractivity contribution in [3.63, 3.8) is 0 Å². The van der Waals surface area contributed by atoms with Crippen molar-refractivity contribution in [3.8, 4) is 0 Å². The van der Waals surface area contributed by atoms with Crippen molar-refractivity contribution in [1.29, 1.82) is 0 Å². The first-order valence-corrected chi connectivity index (χ1v) is 7.21. The van der Waals surface area contributed by atoms with Gasteiger partial charge in [-0.2, -0.15) is 0 Å². The first-order valence-electron chi connectivity index (χ1n) is 7.21.